The Balaban J connectivity index is 2.84. The summed E-state index contributed by atoms with van der Waals surface area (Å²) in [5.74, 6) is 0. The predicted octanol–water partition coefficient (Wildman–Crippen LogP) is 2.28. The van der Waals surface area contributed by atoms with Crippen LogP contribution in [0.3, 0.4) is 0 Å². The van der Waals surface area contributed by atoms with Crippen molar-refractivity contribution in [1.29, 1.82) is 0 Å². The van der Waals surface area contributed by atoms with Crippen LogP contribution in [-0.2, 0) is 4.74 Å². The lowest BCUT2D eigenvalue weighted by atomic mass is 10.2. The van der Waals surface area contributed by atoms with Gasteiger partial charge in [-0.05, 0) is 39.0 Å². The first-order valence-corrected chi connectivity index (χ1v) is 5.12. The molecule has 0 aliphatic carbocycles. The molecule has 0 bridgehead atoms. The average Bonchev–Trinajstić information content (AvgIpc) is 2.59. The average molecular weight is 223 g/mol. The van der Waals surface area contributed by atoms with Gasteiger partial charge in [0.05, 0.1) is 12.3 Å². The Morgan fingerprint density at radius 1 is 1.56 bits per heavy atom. The summed E-state index contributed by atoms with van der Waals surface area (Å²) in [5.41, 5.74) is 0.169. The SMILES string of the molecule is CC(C)(C)OC(=O)n1cccc1C=CCO. The van der Waals surface area contributed by atoms with Crippen molar-refractivity contribution in [3.8, 4) is 0 Å². The molecule has 0 spiro atoms. The molecule has 0 aliphatic heterocycles. The molecule has 0 aliphatic rings. The van der Waals surface area contributed by atoms with Crippen LogP contribution in [0, 0.1) is 0 Å². The zero-order chi connectivity index (χ0) is 12.2. The molecule has 0 saturated heterocycles. The fraction of sp³-hybridized carbons (Fsp3) is 0.417. The Morgan fingerprint density at radius 3 is 2.81 bits per heavy atom. The summed E-state index contributed by atoms with van der Waals surface area (Å²) in [7, 11) is 0. The molecule has 1 aromatic heterocycles. The van der Waals surface area contributed by atoms with Crippen molar-refractivity contribution < 1.29 is 14.6 Å². The first-order chi connectivity index (χ1) is 7.44. The molecular formula is C12H17NO3. The molecule has 0 radical (unpaired) electrons. The van der Waals surface area contributed by atoms with Gasteiger partial charge in [0.25, 0.3) is 0 Å². The van der Waals surface area contributed by atoms with E-state index >= 15 is 0 Å². The zero-order valence-corrected chi connectivity index (χ0v) is 9.80. The number of aliphatic hydroxyl groups is 1. The van der Waals surface area contributed by atoms with Gasteiger partial charge in [-0.25, -0.2) is 4.79 Å². The van der Waals surface area contributed by atoms with Crippen molar-refractivity contribution in [1.82, 2.24) is 4.57 Å². The Kier molecular flexibility index (Phi) is 3.90. The number of hydrogen-bond donors (Lipinski definition) is 1. The predicted molar refractivity (Wildman–Crippen MR) is 62.2 cm³/mol. The number of hydrogen-bond acceptors (Lipinski definition) is 3. The first kappa shape index (κ1) is 12.5. The van der Waals surface area contributed by atoms with Crippen molar-refractivity contribution in [3.05, 3.63) is 30.1 Å². The number of aromatic nitrogens is 1. The van der Waals surface area contributed by atoms with Gasteiger partial charge in [-0.15, -0.1) is 0 Å². The lowest BCUT2D eigenvalue weighted by Gasteiger charge is -2.20. The van der Waals surface area contributed by atoms with E-state index in [1.807, 2.05) is 20.8 Å². The Bertz CT molecular complexity index is 385. The lowest BCUT2D eigenvalue weighted by Crippen LogP contribution is -2.27. The van der Waals surface area contributed by atoms with Gasteiger partial charge in [-0.1, -0.05) is 6.08 Å². The monoisotopic (exact) mass is 223 g/mol. The highest BCUT2D eigenvalue weighted by molar-refractivity contribution is 5.74. The minimum Gasteiger partial charge on any atom is -0.443 e. The fourth-order valence-corrected chi connectivity index (χ4v) is 1.18. The number of nitrogens with zero attached hydrogens (tertiary/aromatic N) is 1. The van der Waals surface area contributed by atoms with E-state index in [-0.39, 0.29) is 6.61 Å². The number of carbonyl (C=O) groups excluding carboxylic acids is 1. The molecule has 0 saturated carbocycles. The van der Waals surface area contributed by atoms with Gasteiger partial charge < -0.3 is 9.84 Å². The summed E-state index contributed by atoms with van der Waals surface area (Å²) >= 11 is 0. The second kappa shape index (κ2) is 4.99. The van der Waals surface area contributed by atoms with Crippen LogP contribution in [-0.4, -0.2) is 28.0 Å². The molecule has 0 aromatic carbocycles. The van der Waals surface area contributed by atoms with E-state index in [0.717, 1.165) is 0 Å². The highest BCUT2D eigenvalue weighted by Gasteiger charge is 2.18. The second-order valence-corrected chi connectivity index (χ2v) is 4.37. The topological polar surface area (TPSA) is 51.5 Å². The van der Waals surface area contributed by atoms with Crippen LogP contribution >= 0.6 is 0 Å². The van der Waals surface area contributed by atoms with Crippen molar-refractivity contribution in [2.75, 3.05) is 6.61 Å². The maximum Gasteiger partial charge on any atom is 0.418 e. The van der Waals surface area contributed by atoms with Crippen LogP contribution in [0.25, 0.3) is 6.08 Å². The van der Waals surface area contributed by atoms with Gasteiger partial charge in [-0.2, -0.15) is 0 Å². The molecule has 0 fully saturated rings. The molecule has 1 N–H and O–H groups in total. The third-order valence-electron chi connectivity index (χ3n) is 1.76. The van der Waals surface area contributed by atoms with Crippen LogP contribution in [0.5, 0.6) is 0 Å². The summed E-state index contributed by atoms with van der Waals surface area (Å²) in [5, 5.41) is 8.67. The quantitative estimate of drug-likeness (QED) is 0.836. The van der Waals surface area contributed by atoms with E-state index < -0.39 is 11.7 Å². The smallest absolute Gasteiger partial charge is 0.418 e. The Morgan fingerprint density at radius 2 is 2.25 bits per heavy atom. The third kappa shape index (κ3) is 3.55. The highest BCUT2D eigenvalue weighted by Crippen LogP contribution is 2.12. The van der Waals surface area contributed by atoms with Gasteiger partial charge in [-0.3, -0.25) is 4.57 Å². The van der Waals surface area contributed by atoms with Crippen molar-refractivity contribution in [2.45, 2.75) is 26.4 Å². The summed E-state index contributed by atoms with van der Waals surface area (Å²) in [4.78, 5) is 11.7. The maximum atomic E-state index is 11.7. The lowest BCUT2D eigenvalue weighted by molar-refractivity contribution is 0.0536. The number of aliphatic hydroxyl groups excluding tert-OH is 1. The van der Waals surface area contributed by atoms with Gasteiger partial charge in [0.2, 0.25) is 0 Å². The number of rotatable bonds is 2. The van der Waals surface area contributed by atoms with E-state index in [0.29, 0.717) is 5.69 Å². The van der Waals surface area contributed by atoms with E-state index in [2.05, 4.69) is 0 Å². The minimum atomic E-state index is -0.515. The van der Waals surface area contributed by atoms with Crippen molar-refractivity contribution in [2.24, 2.45) is 0 Å². The van der Waals surface area contributed by atoms with Gasteiger partial charge in [0, 0.05) is 6.20 Å². The molecule has 0 unspecified atom stereocenters. The van der Waals surface area contributed by atoms with Crippen molar-refractivity contribution in [3.63, 3.8) is 0 Å². The molecule has 1 rings (SSSR count). The summed E-state index contributed by atoms with van der Waals surface area (Å²) in [6.07, 6.45) is 4.45. The van der Waals surface area contributed by atoms with E-state index in [1.54, 1.807) is 30.5 Å². The zero-order valence-electron chi connectivity index (χ0n) is 9.80. The van der Waals surface area contributed by atoms with E-state index in [4.69, 9.17) is 9.84 Å². The molecule has 16 heavy (non-hydrogen) atoms. The van der Waals surface area contributed by atoms with Crippen LogP contribution < -0.4 is 0 Å². The molecule has 4 nitrogen and oxygen atoms in total. The fourth-order valence-electron chi connectivity index (χ4n) is 1.18. The maximum absolute atomic E-state index is 11.7. The van der Waals surface area contributed by atoms with E-state index in [9.17, 15) is 4.79 Å². The molecule has 0 amide bonds. The Labute approximate surface area is 95.1 Å². The largest absolute Gasteiger partial charge is 0.443 e. The number of ether oxygens (including phenoxy) is 1. The first-order valence-electron chi connectivity index (χ1n) is 5.12. The molecule has 1 aromatic rings. The van der Waals surface area contributed by atoms with E-state index in [1.165, 1.54) is 4.57 Å². The molecule has 1 heterocycles. The molecule has 4 heteroatoms. The summed E-state index contributed by atoms with van der Waals surface area (Å²) < 4.78 is 6.63. The van der Waals surface area contributed by atoms with Crippen LogP contribution in [0.2, 0.25) is 0 Å². The minimum absolute atomic E-state index is 0.0561. The highest BCUT2D eigenvalue weighted by atomic mass is 16.6. The molecule has 88 valence electrons. The normalized spacial score (nSPS) is 12.0. The second-order valence-electron chi connectivity index (χ2n) is 4.37. The molecular weight excluding hydrogens is 206 g/mol. The molecule has 0 atom stereocenters. The van der Waals surface area contributed by atoms with Gasteiger partial charge in [0.15, 0.2) is 0 Å². The summed E-state index contributed by atoms with van der Waals surface area (Å²) in [6.45, 7) is 5.40. The summed E-state index contributed by atoms with van der Waals surface area (Å²) in [6, 6.07) is 3.52. The van der Waals surface area contributed by atoms with Gasteiger partial charge >= 0.3 is 6.09 Å². The van der Waals surface area contributed by atoms with Crippen LogP contribution in [0.4, 0.5) is 4.79 Å². The number of carbonyl (C=O) groups is 1. The third-order valence-corrected chi connectivity index (χ3v) is 1.76. The van der Waals surface area contributed by atoms with Crippen LogP contribution in [0.1, 0.15) is 26.5 Å². The van der Waals surface area contributed by atoms with Crippen molar-refractivity contribution >= 4 is 12.2 Å². The van der Waals surface area contributed by atoms with Crippen LogP contribution in [0.15, 0.2) is 24.4 Å². The Hall–Kier alpha value is -1.55. The van der Waals surface area contributed by atoms with Gasteiger partial charge in [0.1, 0.15) is 5.60 Å². The standard InChI is InChI=1S/C12H17NO3/c1-12(2,3)16-11(15)13-8-4-6-10(13)7-5-9-14/h4-8,14H,9H2,1-3H3.